The molecule has 0 aliphatic carbocycles. The Hall–Kier alpha value is -2.77. The van der Waals surface area contributed by atoms with Crippen LogP contribution < -0.4 is 0 Å². The Morgan fingerprint density at radius 1 is 1.14 bits per heavy atom. The number of amides is 1. The van der Waals surface area contributed by atoms with Gasteiger partial charge in [0.15, 0.2) is 5.65 Å². The summed E-state index contributed by atoms with van der Waals surface area (Å²) in [5, 5.41) is 0. The SMILES string of the molecule is COCCOC1CCN(C(=O)c2cnc3c(c2)ncn3Cc2ccccc2)CC1. The van der Waals surface area contributed by atoms with Gasteiger partial charge in [0, 0.05) is 26.4 Å². The zero-order valence-corrected chi connectivity index (χ0v) is 16.7. The molecule has 1 aromatic carbocycles. The number of pyridine rings is 1. The molecule has 1 aliphatic heterocycles. The third-order valence-electron chi connectivity index (χ3n) is 5.27. The van der Waals surface area contributed by atoms with Crippen LogP contribution in [0.3, 0.4) is 0 Å². The first-order valence-electron chi connectivity index (χ1n) is 9.99. The van der Waals surface area contributed by atoms with Gasteiger partial charge in [0.1, 0.15) is 5.52 Å². The van der Waals surface area contributed by atoms with Crippen LogP contribution in [0.5, 0.6) is 0 Å². The standard InChI is InChI=1S/C22H26N4O3/c1-28-11-12-29-19-7-9-25(10-8-19)22(27)18-13-20-21(23-14-18)26(16-24-20)15-17-5-3-2-4-6-17/h2-6,13-14,16,19H,7-12,15H2,1H3. The van der Waals surface area contributed by atoms with E-state index in [9.17, 15) is 4.79 Å². The molecule has 7 nitrogen and oxygen atoms in total. The van der Waals surface area contributed by atoms with E-state index in [1.54, 1.807) is 19.6 Å². The van der Waals surface area contributed by atoms with Crippen molar-refractivity contribution in [3.63, 3.8) is 0 Å². The fourth-order valence-electron chi connectivity index (χ4n) is 3.67. The molecule has 3 aromatic rings. The lowest BCUT2D eigenvalue weighted by Crippen LogP contribution is -2.41. The number of aromatic nitrogens is 3. The van der Waals surface area contributed by atoms with E-state index >= 15 is 0 Å². The fourth-order valence-corrected chi connectivity index (χ4v) is 3.67. The summed E-state index contributed by atoms with van der Waals surface area (Å²) in [5.41, 5.74) is 3.30. The highest BCUT2D eigenvalue weighted by molar-refractivity contribution is 5.96. The predicted octanol–water partition coefficient (Wildman–Crippen LogP) is 2.75. The van der Waals surface area contributed by atoms with E-state index in [1.807, 2.05) is 33.7 Å². The average Bonchev–Trinajstić information content (AvgIpc) is 3.16. The number of likely N-dealkylation sites (tertiary alicyclic amines) is 1. The number of nitrogens with zero attached hydrogens (tertiary/aromatic N) is 4. The van der Waals surface area contributed by atoms with Gasteiger partial charge in [-0.15, -0.1) is 0 Å². The summed E-state index contributed by atoms with van der Waals surface area (Å²) in [5.74, 6) is 0.00681. The van der Waals surface area contributed by atoms with Gasteiger partial charge in [0.2, 0.25) is 0 Å². The molecule has 0 bridgehead atoms. The monoisotopic (exact) mass is 394 g/mol. The lowest BCUT2D eigenvalue weighted by Gasteiger charge is -2.32. The lowest BCUT2D eigenvalue weighted by molar-refractivity contribution is -0.0122. The quantitative estimate of drug-likeness (QED) is 0.577. The minimum Gasteiger partial charge on any atom is -0.382 e. The van der Waals surface area contributed by atoms with E-state index in [1.165, 1.54) is 5.56 Å². The van der Waals surface area contributed by atoms with E-state index in [2.05, 4.69) is 22.1 Å². The first-order chi connectivity index (χ1) is 14.2. The van der Waals surface area contributed by atoms with Crippen LogP contribution in [0.25, 0.3) is 11.2 Å². The Bertz CT molecular complexity index is 949. The molecule has 0 radical (unpaired) electrons. The molecule has 0 spiro atoms. The van der Waals surface area contributed by atoms with Crippen LogP contribution in [0.4, 0.5) is 0 Å². The zero-order chi connectivity index (χ0) is 20.1. The number of rotatable bonds is 7. The first-order valence-corrected chi connectivity index (χ1v) is 9.99. The van der Waals surface area contributed by atoms with Gasteiger partial charge in [-0.25, -0.2) is 9.97 Å². The van der Waals surface area contributed by atoms with Crippen LogP contribution in [0, 0.1) is 0 Å². The summed E-state index contributed by atoms with van der Waals surface area (Å²) in [6, 6.07) is 12.0. The van der Waals surface area contributed by atoms with Gasteiger partial charge < -0.3 is 18.9 Å². The maximum atomic E-state index is 12.9. The summed E-state index contributed by atoms with van der Waals surface area (Å²) < 4.78 is 12.8. The summed E-state index contributed by atoms with van der Waals surface area (Å²) in [6.45, 7) is 3.28. The van der Waals surface area contributed by atoms with Gasteiger partial charge in [0.05, 0.1) is 37.8 Å². The molecule has 0 saturated carbocycles. The smallest absolute Gasteiger partial charge is 0.255 e. The van der Waals surface area contributed by atoms with Crippen molar-refractivity contribution in [3.05, 3.63) is 60.0 Å². The Balaban J connectivity index is 1.40. The molecule has 0 atom stereocenters. The molecule has 1 saturated heterocycles. The molecule has 2 aromatic heterocycles. The summed E-state index contributed by atoms with van der Waals surface area (Å²) in [6.07, 6.45) is 5.33. The molecular formula is C22H26N4O3. The lowest BCUT2D eigenvalue weighted by atomic mass is 10.1. The molecular weight excluding hydrogens is 368 g/mol. The summed E-state index contributed by atoms with van der Waals surface area (Å²) in [7, 11) is 1.67. The number of carbonyl (C=O) groups is 1. The minimum absolute atomic E-state index is 0.00681. The van der Waals surface area contributed by atoms with Gasteiger partial charge in [-0.1, -0.05) is 30.3 Å². The minimum atomic E-state index is 0.00681. The molecule has 1 amide bonds. The maximum absolute atomic E-state index is 12.9. The highest BCUT2D eigenvalue weighted by atomic mass is 16.5. The molecule has 29 heavy (non-hydrogen) atoms. The van der Waals surface area contributed by atoms with Crippen molar-refractivity contribution in [1.82, 2.24) is 19.4 Å². The van der Waals surface area contributed by atoms with Crippen LogP contribution in [0.1, 0.15) is 28.8 Å². The topological polar surface area (TPSA) is 69.5 Å². The van der Waals surface area contributed by atoms with Crippen molar-refractivity contribution < 1.29 is 14.3 Å². The van der Waals surface area contributed by atoms with Gasteiger partial charge in [-0.3, -0.25) is 4.79 Å². The molecule has 0 unspecified atom stereocenters. The van der Waals surface area contributed by atoms with Crippen LogP contribution >= 0.6 is 0 Å². The molecule has 1 aliphatic rings. The van der Waals surface area contributed by atoms with E-state index in [0.717, 1.165) is 24.0 Å². The number of piperidine rings is 1. The largest absolute Gasteiger partial charge is 0.382 e. The Labute approximate surface area is 170 Å². The number of methoxy groups -OCH3 is 1. The third kappa shape index (κ3) is 4.63. The molecule has 1 fully saturated rings. The fraction of sp³-hybridized carbons (Fsp3) is 0.409. The van der Waals surface area contributed by atoms with Crippen LogP contribution in [0.15, 0.2) is 48.9 Å². The molecule has 0 N–H and O–H groups in total. The number of ether oxygens (including phenoxy) is 2. The van der Waals surface area contributed by atoms with E-state index in [0.29, 0.717) is 38.4 Å². The number of benzene rings is 1. The number of hydrogen-bond acceptors (Lipinski definition) is 5. The maximum Gasteiger partial charge on any atom is 0.255 e. The normalized spacial score (nSPS) is 15.1. The van der Waals surface area contributed by atoms with Crippen molar-refractivity contribution in [2.75, 3.05) is 33.4 Å². The van der Waals surface area contributed by atoms with E-state index in [4.69, 9.17) is 9.47 Å². The summed E-state index contributed by atoms with van der Waals surface area (Å²) >= 11 is 0. The van der Waals surface area contributed by atoms with Gasteiger partial charge in [0.25, 0.3) is 5.91 Å². The second kappa shape index (κ2) is 9.15. The number of fused-ring (bicyclic) bond motifs is 1. The van der Waals surface area contributed by atoms with Gasteiger partial charge in [-0.05, 0) is 24.5 Å². The van der Waals surface area contributed by atoms with Crippen molar-refractivity contribution >= 4 is 17.1 Å². The molecule has 3 heterocycles. The van der Waals surface area contributed by atoms with Gasteiger partial charge in [-0.2, -0.15) is 0 Å². The van der Waals surface area contributed by atoms with Crippen molar-refractivity contribution in [2.24, 2.45) is 0 Å². The van der Waals surface area contributed by atoms with Crippen molar-refractivity contribution in [1.29, 1.82) is 0 Å². The second-order valence-electron chi connectivity index (χ2n) is 7.28. The van der Waals surface area contributed by atoms with Crippen LogP contribution in [0.2, 0.25) is 0 Å². The summed E-state index contributed by atoms with van der Waals surface area (Å²) in [4.78, 5) is 23.8. The van der Waals surface area contributed by atoms with Crippen LogP contribution in [-0.4, -0.2) is 64.9 Å². The number of hydrogen-bond donors (Lipinski definition) is 0. The molecule has 7 heteroatoms. The third-order valence-corrected chi connectivity index (χ3v) is 5.27. The second-order valence-corrected chi connectivity index (χ2v) is 7.28. The highest BCUT2D eigenvalue weighted by Gasteiger charge is 2.24. The van der Waals surface area contributed by atoms with Crippen LogP contribution in [-0.2, 0) is 16.0 Å². The zero-order valence-electron chi connectivity index (χ0n) is 16.7. The predicted molar refractivity (Wildman–Crippen MR) is 110 cm³/mol. The Morgan fingerprint density at radius 3 is 2.69 bits per heavy atom. The highest BCUT2D eigenvalue weighted by Crippen LogP contribution is 2.19. The van der Waals surface area contributed by atoms with Gasteiger partial charge >= 0.3 is 0 Å². The van der Waals surface area contributed by atoms with E-state index in [-0.39, 0.29) is 12.0 Å². The Kier molecular flexibility index (Phi) is 6.17. The molecule has 4 rings (SSSR count). The van der Waals surface area contributed by atoms with Crippen molar-refractivity contribution in [3.8, 4) is 0 Å². The van der Waals surface area contributed by atoms with E-state index < -0.39 is 0 Å². The number of carbonyl (C=O) groups excluding carboxylic acids is 1. The Morgan fingerprint density at radius 2 is 1.93 bits per heavy atom. The molecule has 152 valence electrons. The first kappa shape index (κ1) is 19.5. The average molecular weight is 394 g/mol. The number of imidazole rings is 1. The van der Waals surface area contributed by atoms with Crippen molar-refractivity contribution in [2.45, 2.75) is 25.5 Å².